The highest BCUT2D eigenvalue weighted by Gasteiger charge is 2.62. The fourth-order valence-electron chi connectivity index (χ4n) is 5.31. The Labute approximate surface area is 178 Å². The molecule has 0 aliphatic heterocycles. The smallest absolute Gasteiger partial charge is 0.303 e. The number of benzene rings is 1. The van der Waals surface area contributed by atoms with Gasteiger partial charge in [0.05, 0.1) is 0 Å². The molecular formula is C25H33FO4. The minimum Gasteiger partial charge on any atom is -0.491 e. The number of carboxylic acid groups (broad SMARTS) is 1. The third-order valence-corrected chi connectivity index (χ3v) is 7.02. The van der Waals surface area contributed by atoms with Crippen molar-refractivity contribution in [3.63, 3.8) is 0 Å². The molecule has 0 spiro atoms. The largest absolute Gasteiger partial charge is 0.491 e. The van der Waals surface area contributed by atoms with Gasteiger partial charge in [0, 0.05) is 6.42 Å². The van der Waals surface area contributed by atoms with Crippen molar-refractivity contribution in [3.05, 3.63) is 54.4 Å². The molecule has 4 rings (SSSR count). The molecule has 4 nitrogen and oxygen atoms in total. The van der Waals surface area contributed by atoms with E-state index < -0.39 is 12.1 Å². The van der Waals surface area contributed by atoms with E-state index in [1.807, 2.05) is 6.08 Å². The summed E-state index contributed by atoms with van der Waals surface area (Å²) in [7, 11) is 0. The van der Waals surface area contributed by atoms with Gasteiger partial charge in [0.1, 0.15) is 24.3 Å². The lowest BCUT2D eigenvalue weighted by Crippen LogP contribution is -2.38. The molecule has 2 unspecified atom stereocenters. The average molecular weight is 417 g/mol. The van der Waals surface area contributed by atoms with Crippen LogP contribution >= 0.6 is 0 Å². The topological polar surface area (TPSA) is 66.8 Å². The summed E-state index contributed by atoms with van der Waals surface area (Å²) in [6.07, 6.45) is 11.5. The maximum atomic E-state index is 13.0. The van der Waals surface area contributed by atoms with Crippen LogP contribution in [0.1, 0.15) is 46.0 Å². The summed E-state index contributed by atoms with van der Waals surface area (Å²) in [5.74, 6) is 1.81. The third-order valence-electron chi connectivity index (χ3n) is 7.02. The minimum atomic E-state index is -0.742. The fourth-order valence-corrected chi connectivity index (χ4v) is 5.31. The van der Waals surface area contributed by atoms with Crippen LogP contribution in [0.2, 0.25) is 0 Å². The van der Waals surface area contributed by atoms with E-state index in [-0.39, 0.29) is 18.8 Å². The van der Waals surface area contributed by atoms with E-state index in [1.165, 1.54) is 18.6 Å². The number of hydrogen-bond acceptors (Lipinski definition) is 3. The van der Waals surface area contributed by atoms with Crippen LogP contribution < -0.4 is 4.74 Å². The molecule has 0 saturated heterocycles. The number of fused-ring (bicyclic) bond motifs is 1. The summed E-state index contributed by atoms with van der Waals surface area (Å²) in [5.41, 5.74) is 0.326. The first kappa shape index (κ1) is 22.5. The SMILES string of the molecule is CC1(C)C2CC1[C@H](C/C=C\CCCC(=O)O)[C@H]2/C=C/[C@H](O)COc1ccc(F)cc1. The van der Waals surface area contributed by atoms with Crippen molar-refractivity contribution in [2.45, 2.75) is 52.1 Å². The van der Waals surface area contributed by atoms with Gasteiger partial charge in [-0.15, -0.1) is 0 Å². The van der Waals surface area contributed by atoms with Crippen LogP contribution in [0.15, 0.2) is 48.6 Å². The molecule has 5 atom stereocenters. The van der Waals surface area contributed by atoms with E-state index in [1.54, 1.807) is 12.1 Å². The van der Waals surface area contributed by atoms with E-state index in [2.05, 4.69) is 32.1 Å². The number of ether oxygens (including phenoxy) is 1. The van der Waals surface area contributed by atoms with Crippen LogP contribution in [-0.4, -0.2) is 28.9 Å². The summed E-state index contributed by atoms with van der Waals surface area (Å²) in [6.45, 7) is 4.83. The Morgan fingerprint density at radius 1 is 1.27 bits per heavy atom. The molecular weight excluding hydrogens is 383 g/mol. The van der Waals surface area contributed by atoms with Gasteiger partial charge in [-0.25, -0.2) is 4.39 Å². The van der Waals surface area contributed by atoms with Crippen LogP contribution in [-0.2, 0) is 4.79 Å². The number of allylic oxidation sites excluding steroid dienone is 3. The van der Waals surface area contributed by atoms with E-state index >= 15 is 0 Å². The lowest BCUT2D eigenvalue weighted by molar-refractivity contribution is -0.137. The Balaban J connectivity index is 1.51. The first-order chi connectivity index (χ1) is 14.3. The van der Waals surface area contributed by atoms with Crippen LogP contribution in [0.3, 0.4) is 0 Å². The number of aliphatic hydroxyl groups is 1. The maximum absolute atomic E-state index is 13.0. The van der Waals surface area contributed by atoms with Crippen molar-refractivity contribution in [2.75, 3.05) is 6.61 Å². The first-order valence-corrected chi connectivity index (χ1v) is 10.9. The molecule has 1 aromatic rings. The molecule has 164 valence electrons. The van der Waals surface area contributed by atoms with Crippen molar-refractivity contribution < 1.29 is 24.1 Å². The zero-order chi connectivity index (χ0) is 21.7. The van der Waals surface area contributed by atoms with Crippen molar-refractivity contribution in [2.24, 2.45) is 29.1 Å². The van der Waals surface area contributed by atoms with Gasteiger partial charge < -0.3 is 14.9 Å². The summed E-state index contributed by atoms with van der Waals surface area (Å²) < 4.78 is 18.5. The molecule has 3 aliphatic carbocycles. The number of unbranched alkanes of at least 4 members (excludes halogenated alkanes) is 1. The Morgan fingerprint density at radius 2 is 2.00 bits per heavy atom. The van der Waals surface area contributed by atoms with Crippen LogP contribution in [0, 0.1) is 34.9 Å². The Kier molecular flexibility index (Phi) is 7.35. The summed E-state index contributed by atoms with van der Waals surface area (Å²) in [6, 6.07) is 5.79. The summed E-state index contributed by atoms with van der Waals surface area (Å²) in [4.78, 5) is 10.6. The number of carbonyl (C=O) groups is 1. The highest BCUT2D eigenvalue weighted by Crippen LogP contribution is 2.68. The predicted octanol–water partition coefficient (Wildman–Crippen LogP) is 5.23. The molecule has 1 aromatic carbocycles. The monoisotopic (exact) mass is 416 g/mol. The lowest BCUT2D eigenvalue weighted by atomic mass is 9.59. The molecule has 0 radical (unpaired) electrons. The number of rotatable bonds is 11. The maximum Gasteiger partial charge on any atom is 0.303 e. The second-order valence-electron chi connectivity index (χ2n) is 9.22. The lowest BCUT2D eigenvalue weighted by Gasteiger charge is -2.45. The Hall–Kier alpha value is -2.14. The standard InChI is InChI=1S/C25H33FO4/c1-25(2)22-15-23(25)21(20(22)7-5-3-4-6-8-24(28)29)14-11-18(27)16-30-19-12-9-17(26)10-13-19/h3,5,9-14,18,20-23,27H,4,6-8,15-16H2,1-2H3,(H,28,29)/b5-3-,14-11+/t18-,20+,21+,22?,23?/m0/s1. The molecule has 0 heterocycles. The van der Waals surface area contributed by atoms with E-state index in [9.17, 15) is 14.3 Å². The third kappa shape index (κ3) is 5.31. The Morgan fingerprint density at radius 3 is 2.67 bits per heavy atom. The van der Waals surface area contributed by atoms with Gasteiger partial charge in [0.2, 0.25) is 0 Å². The average Bonchev–Trinajstić information content (AvgIpc) is 3.18. The number of aliphatic hydroxyl groups excluding tert-OH is 1. The number of carboxylic acids is 1. The second kappa shape index (κ2) is 9.78. The van der Waals surface area contributed by atoms with E-state index in [0.717, 1.165) is 12.8 Å². The highest BCUT2D eigenvalue weighted by molar-refractivity contribution is 5.66. The fraction of sp³-hybridized carbons (Fsp3) is 0.560. The molecule has 30 heavy (non-hydrogen) atoms. The van der Waals surface area contributed by atoms with E-state index in [0.29, 0.717) is 41.3 Å². The van der Waals surface area contributed by atoms with Gasteiger partial charge in [0.15, 0.2) is 0 Å². The summed E-state index contributed by atoms with van der Waals surface area (Å²) in [5, 5.41) is 19.0. The molecule has 3 fully saturated rings. The van der Waals surface area contributed by atoms with Crippen LogP contribution in [0.4, 0.5) is 4.39 Å². The summed E-state index contributed by atoms with van der Waals surface area (Å²) >= 11 is 0. The van der Waals surface area contributed by atoms with Gasteiger partial charge >= 0.3 is 5.97 Å². The van der Waals surface area contributed by atoms with E-state index in [4.69, 9.17) is 9.84 Å². The second-order valence-corrected chi connectivity index (χ2v) is 9.22. The van der Waals surface area contributed by atoms with Crippen molar-refractivity contribution in [1.29, 1.82) is 0 Å². The molecule has 2 bridgehead atoms. The first-order valence-electron chi connectivity index (χ1n) is 10.9. The number of hydrogen-bond donors (Lipinski definition) is 2. The zero-order valence-corrected chi connectivity index (χ0v) is 17.8. The molecule has 0 aromatic heterocycles. The number of halogens is 1. The quantitative estimate of drug-likeness (QED) is 0.383. The van der Waals surface area contributed by atoms with Crippen LogP contribution in [0.5, 0.6) is 5.75 Å². The van der Waals surface area contributed by atoms with Gasteiger partial charge in [-0.3, -0.25) is 4.79 Å². The molecule has 3 saturated carbocycles. The van der Waals surface area contributed by atoms with Crippen LogP contribution in [0.25, 0.3) is 0 Å². The molecule has 0 amide bonds. The van der Waals surface area contributed by atoms with Gasteiger partial charge in [-0.05, 0) is 79.0 Å². The molecule has 3 aliphatic rings. The van der Waals surface area contributed by atoms with Gasteiger partial charge in [0.25, 0.3) is 0 Å². The van der Waals surface area contributed by atoms with Crippen molar-refractivity contribution >= 4 is 5.97 Å². The minimum absolute atomic E-state index is 0.139. The normalized spacial score (nSPS) is 28.0. The Bertz CT molecular complexity index is 768. The molecule has 2 N–H and O–H groups in total. The number of aliphatic carboxylic acids is 1. The van der Waals surface area contributed by atoms with Crippen molar-refractivity contribution in [1.82, 2.24) is 0 Å². The predicted molar refractivity (Wildman–Crippen MR) is 115 cm³/mol. The van der Waals surface area contributed by atoms with Crippen molar-refractivity contribution in [3.8, 4) is 5.75 Å². The highest BCUT2D eigenvalue weighted by atomic mass is 19.1. The van der Waals surface area contributed by atoms with Gasteiger partial charge in [-0.1, -0.05) is 38.2 Å². The van der Waals surface area contributed by atoms with Gasteiger partial charge in [-0.2, -0.15) is 0 Å². The zero-order valence-electron chi connectivity index (χ0n) is 17.8. The molecule has 5 heteroatoms.